The first kappa shape index (κ1) is 22.1. The summed E-state index contributed by atoms with van der Waals surface area (Å²) in [6.45, 7) is 0. The molecule has 0 spiro atoms. The van der Waals surface area contributed by atoms with Gasteiger partial charge in [-0.15, -0.1) is 0 Å². The van der Waals surface area contributed by atoms with Crippen molar-refractivity contribution in [2.45, 2.75) is 14.7 Å². The lowest BCUT2D eigenvalue weighted by atomic mass is 10.0. The Kier molecular flexibility index (Phi) is 5.58. The number of hydrogen-bond acceptors (Lipinski definition) is 6. The van der Waals surface area contributed by atoms with Crippen molar-refractivity contribution in [1.29, 1.82) is 0 Å². The van der Waals surface area contributed by atoms with Crippen LogP contribution >= 0.6 is 0 Å². The van der Waals surface area contributed by atoms with Crippen LogP contribution in [0.3, 0.4) is 0 Å². The van der Waals surface area contributed by atoms with Crippen LogP contribution in [0.15, 0.2) is 81.4 Å². The van der Waals surface area contributed by atoms with Gasteiger partial charge < -0.3 is 0 Å². The van der Waals surface area contributed by atoms with E-state index in [0.717, 1.165) is 17.2 Å². The van der Waals surface area contributed by atoms with Crippen molar-refractivity contribution in [2.24, 2.45) is 0 Å². The lowest BCUT2D eigenvalue weighted by molar-refractivity contribution is 0.456. The van der Waals surface area contributed by atoms with Crippen molar-refractivity contribution < 1.29 is 38.9 Å². The minimum absolute atomic E-state index is 0.106. The molecule has 0 amide bonds. The SMILES string of the molecule is O=S(=O)(O)c1ccc(-c2ccc(-c3ccccc3)cc2)c(S(=O)(=O)O)c1S(=O)(=O)O. The molecule has 0 saturated carbocycles. The van der Waals surface area contributed by atoms with Crippen molar-refractivity contribution in [2.75, 3.05) is 0 Å². The maximum absolute atomic E-state index is 12.0. The number of benzene rings is 3. The molecular weight excluding hydrogens is 456 g/mol. The topological polar surface area (TPSA) is 163 Å². The van der Waals surface area contributed by atoms with Crippen LogP contribution < -0.4 is 0 Å². The van der Waals surface area contributed by atoms with Crippen molar-refractivity contribution in [3.05, 3.63) is 66.7 Å². The highest BCUT2D eigenvalue weighted by atomic mass is 32.2. The molecule has 0 aliphatic heterocycles. The van der Waals surface area contributed by atoms with Gasteiger partial charge in [0, 0.05) is 5.56 Å². The fourth-order valence-electron chi connectivity index (χ4n) is 2.95. The Balaban J connectivity index is 2.34. The fourth-order valence-corrected chi connectivity index (χ4v) is 6.33. The first-order valence-corrected chi connectivity index (χ1v) is 12.4. The molecular formula is C18H14O9S3. The predicted octanol–water partition coefficient (Wildman–Crippen LogP) is 2.76. The highest BCUT2D eigenvalue weighted by Crippen LogP contribution is 2.37. The molecule has 0 aliphatic carbocycles. The maximum Gasteiger partial charge on any atom is 0.297 e. The summed E-state index contributed by atoms with van der Waals surface area (Å²) < 4.78 is 98.9. The van der Waals surface area contributed by atoms with E-state index in [2.05, 4.69) is 0 Å². The average Bonchev–Trinajstić information content (AvgIpc) is 2.65. The zero-order valence-corrected chi connectivity index (χ0v) is 17.3. The lowest BCUT2D eigenvalue weighted by Gasteiger charge is -2.14. The van der Waals surface area contributed by atoms with Crippen LogP contribution in [0.2, 0.25) is 0 Å². The van der Waals surface area contributed by atoms with E-state index in [1.54, 1.807) is 12.1 Å². The van der Waals surface area contributed by atoms with Gasteiger partial charge in [0.25, 0.3) is 30.4 Å². The van der Waals surface area contributed by atoms with Crippen molar-refractivity contribution >= 4 is 30.4 Å². The van der Waals surface area contributed by atoms with Crippen LogP contribution in [0.4, 0.5) is 0 Å². The largest absolute Gasteiger partial charge is 0.297 e. The van der Waals surface area contributed by atoms with Crippen molar-refractivity contribution in [3.8, 4) is 22.3 Å². The van der Waals surface area contributed by atoms with E-state index < -0.39 is 50.6 Å². The van der Waals surface area contributed by atoms with E-state index in [9.17, 15) is 38.9 Å². The molecule has 0 fully saturated rings. The van der Waals surface area contributed by atoms with Crippen LogP contribution in [0.5, 0.6) is 0 Å². The third-order valence-corrected chi connectivity index (χ3v) is 7.21. The second-order valence-electron chi connectivity index (χ2n) is 6.14. The summed E-state index contributed by atoms with van der Waals surface area (Å²) in [5.41, 5.74) is 1.31. The maximum atomic E-state index is 12.0. The molecule has 0 atom stereocenters. The molecule has 0 aromatic heterocycles. The highest BCUT2D eigenvalue weighted by molar-refractivity contribution is 7.90. The standard InChI is InChI=1S/C18H14O9S3/c19-28(20,21)16-11-10-15(17(29(22,23)24)18(16)30(25,26)27)14-8-6-13(7-9-14)12-4-2-1-3-5-12/h1-11H,(H,19,20,21)(H,22,23,24)(H,25,26,27). The quantitative estimate of drug-likeness (QED) is 0.476. The monoisotopic (exact) mass is 470 g/mol. The summed E-state index contributed by atoms with van der Waals surface area (Å²) in [6.07, 6.45) is 0. The third kappa shape index (κ3) is 4.43. The molecule has 0 aliphatic rings. The first-order chi connectivity index (χ1) is 13.8. The third-order valence-electron chi connectivity index (χ3n) is 4.17. The highest BCUT2D eigenvalue weighted by Gasteiger charge is 2.35. The van der Waals surface area contributed by atoms with E-state index in [4.69, 9.17) is 0 Å². The van der Waals surface area contributed by atoms with Gasteiger partial charge in [0.1, 0.15) is 14.7 Å². The van der Waals surface area contributed by atoms with Crippen molar-refractivity contribution in [3.63, 3.8) is 0 Å². The van der Waals surface area contributed by atoms with E-state index in [-0.39, 0.29) is 5.56 Å². The summed E-state index contributed by atoms with van der Waals surface area (Å²) in [6, 6.07) is 16.7. The van der Waals surface area contributed by atoms with Gasteiger partial charge in [-0.05, 0) is 22.8 Å². The van der Waals surface area contributed by atoms with E-state index in [0.29, 0.717) is 6.07 Å². The van der Waals surface area contributed by atoms with E-state index in [1.165, 1.54) is 12.1 Å². The second kappa shape index (κ2) is 7.58. The molecule has 9 nitrogen and oxygen atoms in total. The Morgan fingerprint density at radius 3 is 1.40 bits per heavy atom. The summed E-state index contributed by atoms with van der Waals surface area (Å²) in [5.74, 6) is 0. The molecule has 3 N–H and O–H groups in total. The second-order valence-corrected chi connectivity index (χ2v) is 10.2. The van der Waals surface area contributed by atoms with Crippen LogP contribution in [0.1, 0.15) is 0 Å². The Morgan fingerprint density at radius 1 is 0.467 bits per heavy atom. The van der Waals surface area contributed by atoms with Crippen LogP contribution in [-0.4, -0.2) is 38.9 Å². The van der Waals surface area contributed by atoms with Gasteiger partial charge in [-0.25, -0.2) is 0 Å². The van der Waals surface area contributed by atoms with Crippen LogP contribution in [-0.2, 0) is 30.4 Å². The van der Waals surface area contributed by atoms with Gasteiger partial charge in [0.05, 0.1) is 0 Å². The molecule has 12 heteroatoms. The average molecular weight is 471 g/mol. The summed E-state index contributed by atoms with van der Waals surface area (Å²) >= 11 is 0. The van der Waals surface area contributed by atoms with Crippen molar-refractivity contribution in [1.82, 2.24) is 0 Å². The molecule has 0 heterocycles. The molecule has 30 heavy (non-hydrogen) atoms. The van der Waals surface area contributed by atoms with Gasteiger partial charge >= 0.3 is 0 Å². The minimum atomic E-state index is -5.49. The molecule has 0 bridgehead atoms. The zero-order valence-electron chi connectivity index (χ0n) is 14.9. The molecule has 3 aromatic rings. The zero-order chi connectivity index (χ0) is 22.3. The lowest BCUT2D eigenvalue weighted by Crippen LogP contribution is -2.15. The van der Waals surface area contributed by atoms with E-state index in [1.807, 2.05) is 30.3 Å². The Morgan fingerprint density at radius 2 is 0.933 bits per heavy atom. The van der Waals surface area contributed by atoms with Gasteiger partial charge in [0.15, 0.2) is 0 Å². The Labute approximate surface area is 172 Å². The normalized spacial score (nSPS) is 12.6. The summed E-state index contributed by atoms with van der Waals surface area (Å²) in [5, 5.41) is 0. The molecule has 0 saturated heterocycles. The molecule has 0 radical (unpaired) electrons. The Hall–Kier alpha value is -2.61. The summed E-state index contributed by atoms with van der Waals surface area (Å²) in [4.78, 5) is -4.40. The van der Waals surface area contributed by atoms with Gasteiger partial charge in [0.2, 0.25) is 0 Å². The van der Waals surface area contributed by atoms with Gasteiger partial charge in [-0.2, -0.15) is 25.3 Å². The molecule has 3 aromatic carbocycles. The fraction of sp³-hybridized carbons (Fsp3) is 0. The van der Waals surface area contributed by atoms with E-state index >= 15 is 0 Å². The van der Waals surface area contributed by atoms with Crippen LogP contribution in [0.25, 0.3) is 22.3 Å². The summed E-state index contributed by atoms with van der Waals surface area (Å²) in [7, 11) is -16.1. The van der Waals surface area contributed by atoms with Gasteiger partial charge in [-0.1, -0.05) is 60.7 Å². The molecule has 0 unspecified atom stereocenters. The first-order valence-electron chi connectivity index (χ1n) is 8.05. The van der Waals surface area contributed by atoms with Gasteiger partial charge in [-0.3, -0.25) is 13.7 Å². The Bertz CT molecular complexity index is 1420. The molecule has 3 rings (SSSR count). The number of rotatable bonds is 5. The molecule has 158 valence electrons. The smallest absolute Gasteiger partial charge is 0.282 e. The minimum Gasteiger partial charge on any atom is -0.282 e. The van der Waals surface area contributed by atoms with Crippen LogP contribution in [0, 0.1) is 0 Å². The number of hydrogen-bond donors (Lipinski definition) is 3. The predicted molar refractivity (Wildman–Crippen MR) is 107 cm³/mol.